The van der Waals surface area contributed by atoms with E-state index in [1.54, 1.807) is 22.7 Å². The third kappa shape index (κ3) is 2.94. The highest BCUT2D eigenvalue weighted by Crippen LogP contribution is 2.52. The highest BCUT2D eigenvalue weighted by Gasteiger charge is 2.27. The molecule has 9 heteroatoms. The highest BCUT2D eigenvalue weighted by molar-refractivity contribution is 8.01. The molecule has 27 heavy (non-hydrogen) atoms. The zero-order valence-electron chi connectivity index (χ0n) is 14.9. The number of unbranched alkanes of at least 4 members (excludes halogenated alkanes) is 1. The molecule has 6 nitrogen and oxygen atoms in total. The van der Waals surface area contributed by atoms with E-state index in [0.717, 1.165) is 32.7 Å². The lowest BCUT2D eigenvalue weighted by Crippen LogP contribution is -2.04. The first kappa shape index (κ1) is 18.4. The maximum Gasteiger partial charge on any atom is 0.141 e. The fourth-order valence-corrected chi connectivity index (χ4v) is 6.30. The second-order valence-electron chi connectivity index (χ2n) is 6.19. The minimum absolute atomic E-state index is 0. The highest BCUT2D eigenvalue weighted by atomic mass is 32.2. The molecular weight excluding hydrogens is 398 g/mol. The molecule has 0 spiro atoms. The van der Waals surface area contributed by atoms with Gasteiger partial charge in [-0.25, -0.2) is 9.97 Å². The van der Waals surface area contributed by atoms with Gasteiger partial charge in [-0.05, 0) is 18.2 Å². The van der Waals surface area contributed by atoms with Crippen molar-refractivity contribution in [1.29, 1.82) is 0 Å². The minimum atomic E-state index is 0. The number of thiophene rings is 1. The zero-order chi connectivity index (χ0) is 17.7. The molecule has 0 amide bonds. The minimum Gasteiger partial charge on any atom is -0.412 e. The quantitative estimate of drug-likeness (QED) is 0.313. The Labute approximate surface area is 170 Å². The second kappa shape index (κ2) is 7.23. The van der Waals surface area contributed by atoms with Crippen molar-refractivity contribution < 1.29 is 6.90 Å². The van der Waals surface area contributed by atoms with E-state index in [1.165, 1.54) is 33.7 Å². The number of fused-ring (bicyclic) bond motifs is 2. The van der Waals surface area contributed by atoms with Crippen molar-refractivity contribution in [3.63, 3.8) is 0 Å². The lowest BCUT2D eigenvalue weighted by atomic mass is 10.0. The summed E-state index contributed by atoms with van der Waals surface area (Å²) < 4.78 is 3.22. The van der Waals surface area contributed by atoms with Gasteiger partial charge in [0.15, 0.2) is 0 Å². The van der Waals surface area contributed by atoms with Crippen LogP contribution in [0, 0.1) is 0 Å². The maximum atomic E-state index is 4.94. The van der Waals surface area contributed by atoms with Crippen molar-refractivity contribution in [3.8, 4) is 21.8 Å². The average Bonchev–Trinajstić information content (AvgIpc) is 3.37. The lowest BCUT2D eigenvalue weighted by molar-refractivity contribution is 0.776. The fraction of sp³-hybridized carbons (Fsp3) is 0.278. The SMILES string of the molecule is CCCCSc1sc2nc(-c3nccs3)cc3c2c1Nc1c-3cnn1C.O.[HH]. The van der Waals surface area contributed by atoms with Crippen LogP contribution in [0.4, 0.5) is 11.5 Å². The number of nitrogens with one attached hydrogen (secondary N) is 1. The van der Waals surface area contributed by atoms with Gasteiger partial charge in [-0.3, -0.25) is 4.68 Å². The van der Waals surface area contributed by atoms with Crippen LogP contribution >= 0.6 is 34.4 Å². The van der Waals surface area contributed by atoms with E-state index in [1.807, 2.05) is 41.3 Å². The smallest absolute Gasteiger partial charge is 0.141 e. The van der Waals surface area contributed by atoms with Gasteiger partial charge in [-0.15, -0.1) is 34.4 Å². The number of nitrogens with zero attached hydrogens (tertiary/aromatic N) is 4. The summed E-state index contributed by atoms with van der Waals surface area (Å²) in [7, 11) is 1.98. The molecule has 4 aromatic heterocycles. The summed E-state index contributed by atoms with van der Waals surface area (Å²) in [6.07, 6.45) is 6.21. The molecule has 1 aliphatic heterocycles. The number of pyridine rings is 1. The van der Waals surface area contributed by atoms with E-state index in [9.17, 15) is 0 Å². The normalized spacial score (nSPS) is 11.9. The molecule has 0 saturated heterocycles. The molecule has 3 N–H and O–H groups in total. The Hall–Kier alpha value is -1.94. The lowest BCUT2D eigenvalue weighted by Gasteiger charge is -2.17. The molecule has 0 bridgehead atoms. The predicted octanol–water partition coefficient (Wildman–Crippen LogP) is 5.19. The van der Waals surface area contributed by atoms with Crippen molar-refractivity contribution >= 4 is 56.2 Å². The molecule has 1 aliphatic rings. The number of hydrogen-bond acceptors (Lipinski definition) is 7. The fourth-order valence-electron chi connectivity index (χ4n) is 3.18. The van der Waals surface area contributed by atoms with Gasteiger partial charge in [0.05, 0.1) is 16.1 Å². The third-order valence-corrected chi connectivity index (χ3v) is 7.72. The number of rotatable bonds is 5. The Balaban J connectivity index is 0.00000112. The Morgan fingerprint density at radius 2 is 2.22 bits per heavy atom. The van der Waals surface area contributed by atoms with Crippen LogP contribution in [0.15, 0.2) is 28.0 Å². The van der Waals surface area contributed by atoms with Crippen molar-refractivity contribution in [2.24, 2.45) is 7.05 Å². The van der Waals surface area contributed by atoms with E-state index < -0.39 is 0 Å². The van der Waals surface area contributed by atoms with Gasteiger partial charge >= 0.3 is 0 Å². The summed E-state index contributed by atoms with van der Waals surface area (Å²) >= 11 is 5.33. The van der Waals surface area contributed by atoms with Gasteiger partial charge in [-0.1, -0.05) is 13.3 Å². The molecule has 4 aromatic rings. The summed E-state index contributed by atoms with van der Waals surface area (Å²) in [5.41, 5.74) is 4.47. The molecule has 0 aliphatic carbocycles. The molecule has 0 aromatic carbocycles. The van der Waals surface area contributed by atoms with Crippen LogP contribution in [0.3, 0.4) is 0 Å². The molecule has 0 fully saturated rings. The summed E-state index contributed by atoms with van der Waals surface area (Å²) in [5, 5.41) is 12.3. The van der Waals surface area contributed by atoms with Gasteiger partial charge < -0.3 is 10.8 Å². The van der Waals surface area contributed by atoms with Crippen LogP contribution in [0.25, 0.3) is 32.0 Å². The van der Waals surface area contributed by atoms with Crippen molar-refractivity contribution in [2.75, 3.05) is 11.1 Å². The topological polar surface area (TPSA) is 87.1 Å². The molecule has 0 saturated carbocycles. The molecule has 5 heterocycles. The second-order valence-corrected chi connectivity index (χ2v) is 9.45. The van der Waals surface area contributed by atoms with E-state index in [0.29, 0.717) is 0 Å². The third-order valence-electron chi connectivity index (χ3n) is 4.48. The van der Waals surface area contributed by atoms with Crippen LogP contribution in [-0.2, 0) is 7.05 Å². The Kier molecular flexibility index (Phi) is 4.94. The van der Waals surface area contributed by atoms with E-state index in [-0.39, 0.29) is 6.90 Å². The molecule has 0 unspecified atom stereocenters. The van der Waals surface area contributed by atoms with Gasteiger partial charge in [0.1, 0.15) is 21.3 Å². The molecule has 0 radical (unpaired) electrons. The zero-order valence-corrected chi connectivity index (χ0v) is 17.4. The molecule has 142 valence electrons. The first-order valence-electron chi connectivity index (χ1n) is 8.56. The number of hydrogen-bond donors (Lipinski definition) is 1. The van der Waals surface area contributed by atoms with E-state index >= 15 is 0 Å². The number of aryl methyl sites for hydroxylation is 1. The monoisotopic (exact) mass is 419 g/mol. The Morgan fingerprint density at radius 3 is 3.00 bits per heavy atom. The number of thiazole rings is 1. The van der Waals surface area contributed by atoms with Crippen molar-refractivity contribution in [3.05, 3.63) is 23.8 Å². The van der Waals surface area contributed by atoms with Crippen LogP contribution in [0.2, 0.25) is 0 Å². The summed E-state index contributed by atoms with van der Waals surface area (Å²) in [6.45, 7) is 2.23. The standard InChI is InChI=1S/C18H17N5S3.H2O.H2/c1-3-4-6-25-18-14-13-10(11-9-20-23(2)15(11)22-14)8-12(21-17(13)26-18)16-19-5-7-24-16;;/h5,7-9,22H,3-4,6H2,1-2H3;1H2;1H. The summed E-state index contributed by atoms with van der Waals surface area (Å²) in [5.74, 6) is 2.18. The first-order chi connectivity index (χ1) is 12.8. The Bertz CT molecular complexity index is 1110. The van der Waals surface area contributed by atoms with Crippen molar-refractivity contribution in [2.45, 2.75) is 24.0 Å². The maximum absolute atomic E-state index is 4.94. The number of anilines is 2. The average molecular weight is 420 g/mol. The van der Waals surface area contributed by atoms with Gasteiger partial charge in [0.25, 0.3) is 0 Å². The largest absolute Gasteiger partial charge is 0.412 e. The van der Waals surface area contributed by atoms with Crippen LogP contribution in [0.1, 0.15) is 21.2 Å². The van der Waals surface area contributed by atoms with E-state index in [4.69, 9.17) is 4.98 Å². The summed E-state index contributed by atoms with van der Waals surface area (Å²) in [6, 6.07) is 2.17. The summed E-state index contributed by atoms with van der Waals surface area (Å²) in [4.78, 5) is 10.5. The van der Waals surface area contributed by atoms with Crippen LogP contribution in [0.5, 0.6) is 0 Å². The molecule has 5 rings (SSSR count). The first-order valence-corrected chi connectivity index (χ1v) is 11.2. The van der Waals surface area contributed by atoms with Gasteiger partial charge in [-0.2, -0.15) is 5.10 Å². The van der Waals surface area contributed by atoms with Gasteiger partial charge in [0, 0.05) is 36.6 Å². The van der Waals surface area contributed by atoms with Gasteiger partial charge in [0.2, 0.25) is 0 Å². The van der Waals surface area contributed by atoms with Crippen molar-refractivity contribution in [1.82, 2.24) is 19.7 Å². The van der Waals surface area contributed by atoms with Crippen LogP contribution < -0.4 is 5.32 Å². The van der Waals surface area contributed by atoms with Crippen LogP contribution in [-0.4, -0.2) is 31.0 Å². The Morgan fingerprint density at radius 1 is 1.33 bits per heavy atom. The van der Waals surface area contributed by atoms with E-state index in [2.05, 4.69) is 28.4 Å². The molecule has 0 atom stereocenters. The number of thioether (sulfide) groups is 1. The predicted molar refractivity (Wildman–Crippen MR) is 118 cm³/mol. The number of aromatic nitrogens is 4. The molecular formula is C18H21N5OS3.